The molecule has 0 atom stereocenters. The Morgan fingerprint density at radius 3 is 2.80 bits per heavy atom. The number of nitrogens with two attached hydrogens (primary N) is 1. The summed E-state index contributed by atoms with van der Waals surface area (Å²) in [5.74, 6) is -0.0248. The summed E-state index contributed by atoms with van der Waals surface area (Å²) < 4.78 is 0.606. The van der Waals surface area contributed by atoms with E-state index in [-0.39, 0.29) is 5.84 Å². The van der Waals surface area contributed by atoms with E-state index in [1.54, 1.807) is 0 Å². The van der Waals surface area contributed by atoms with Crippen molar-refractivity contribution in [2.75, 3.05) is 0 Å². The van der Waals surface area contributed by atoms with Crippen molar-refractivity contribution in [1.29, 1.82) is 0 Å². The van der Waals surface area contributed by atoms with Crippen LogP contribution >= 0.6 is 27.3 Å². The molecule has 0 aliphatic carbocycles. The first-order valence-corrected chi connectivity index (χ1v) is 3.82. The van der Waals surface area contributed by atoms with Crippen LogP contribution < -0.4 is 5.73 Å². The Balaban J connectivity index is 2.95. The number of hydrogen-bond donors (Lipinski definition) is 2. The third-order valence-electron chi connectivity index (χ3n) is 0.727. The van der Waals surface area contributed by atoms with Crippen LogP contribution in [0, 0.1) is 0 Å². The fraction of sp³-hybridized carbons (Fsp3) is 0. The molecule has 1 heterocycles. The van der Waals surface area contributed by atoms with Crippen LogP contribution in [0.5, 0.6) is 0 Å². The predicted molar refractivity (Wildman–Crippen MR) is 40.1 cm³/mol. The number of aromatic nitrogens is 2. The number of amidine groups is 1. The Hall–Kier alpha value is -0.690. The van der Waals surface area contributed by atoms with Crippen molar-refractivity contribution in [1.82, 2.24) is 10.2 Å². The van der Waals surface area contributed by atoms with Crippen LogP contribution in [0.15, 0.2) is 9.07 Å². The van der Waals surface area contributed by atoms with Gasteiger partial charge in [0.15, 0.2) is 8.92 Å². The average molecular weight is 223 g/mol. The first-order valence-electron chi connectivity index (χ1n) is 2.21. The van der Waals surface area contributed by atoms with Crippen molar-refractivity contribution in [3.63, 3.8) is 0 Å². The molecule has 3 N–H and O–H groups in total. The topological polar surface area (TPSA) is 84.4 Å². The molecule has 0 amide bonds. The molecule has 10 heavy (non-hydrogen) atoms. The highest BCUT2D eigenvalue weighted by atomic mass is 79.9. The maximum Gasteiger partial charge on any atom is 0.201 e. The predicted octanol–water partition coefficient (Wildman–Crippen LogP) is 0.395. The first-order chi connectivity index (χ1) is 4.74. The molecule has 0 fully saturated rings. The van der Waals surface area contributed by atoms with Crippen molar-refractivity contribution in [2.45, 2.75) is 0 Å². The Morgan fingerprint density at radius 1 is 1.70 bits per heavy atom. The summed E-state index contributed by atoms with van der Waals surface area (Å²) in [6.45, 7) is 0. The third-order valence-corrected chi connectivity index (χ3v) is 2.11. The summed E-state index contributed by atoms with van der Waals surface area (Å²) in [5, 5.41) is 18.5. The maximum atomic E-state index is 8.18. The molecule has 0 aromatic carbocycles. The molecule has 0 unspecified atom stereocenters. The van der Waals surface area contributed by atoms with Gasteiger partial charge in [-0.2, -0.15) is 0 Å². The lowest BCUT2D eigenvalue weighted by Crippen LogP contribution is -2.12. The van der Waals surface area contributed by atoms with Crippen LogP contribution in [0.25, 0.3) is 0 Å². The molecular formula is C3H3BrN4OS. The number of rotatable bonds is 1. The van der Waals surface area contributed by atoms with Gasteiger partial charge in [-0.25, -0.2) is 0 Å². The van der Waals surface area contributed by atoms with Crippen LogP contribution in [-0.4, -0.2) is 21.2 Å². The molecule has 0 radical (unpaired) electrons. The van der Waals surface area contributed by atoms with E-state index < -0.39 is 0 Å². The maximum absolute atomic E-state index is 8.18. The fourth-order valence-corrected chi connectivity index (χ4v) is 1.36. The fourth-order valence-electron chi connectivity index (χ4n) is 0.352. The lowest BCUT2D eigenvalue weighted by molar-refractivity contribution is 0.318. The number of oxime groups is 1. The van der Waals surface area contributed by atoms with Crippen LogP contribution in [0.4, 0.5) is 0 Å². The molecule has 0 bridgehead atoms. The minimum Gasteiger partial charge on any atom is -0.409 e. The normalized spacial score (nSPS) is 11.9. The number of hydrogen-bond acceptors (Lipinski definition) is 5. The van der Waals surface area contributed by atoms with Crippen molar-refractivity contribution in [3.05, 3.63) is 8.92 Å². The summed E-state index contributed by atoms with van der Waals surface area (Å²) in [6.07, 6.45) is 0. The zero-order valence-electron chi connectivity index (χ0n) is 4.65. The summed E-state index contributed by atoms with van der Waals surface area (Å²) in [4.78, 5) is 0. The standard InChI is InChI=1S/C3H3BrN4OS/c4-3-7-6-2(10-3)1(5)8-9/h9H,(H2,5,8). The molecule has 1 aromatic rings. The highest BCUT2D eigenvalue weighted by molar-refractivity contribution is 9.11. The molecule has 7 heteroatoms. The van der Waals surface area contributed by atoms with Crippen molar-refractivity contribution >= 4 is 33.1 Å². The van der Waals surface area contributed by atoms with Gasteiger partial charge in [-0.3, -0.25) is 0 Å². The molecule has 0 saturated carbocycles. The SMILES string of the molecule is N/C(=N\O)c1nnc(Br)s1. The van der Waals surface area contributed by atoms with Crippen LogP contribution in [-0.2, 0) is 0 Å². The van der Waals surface area contributed by atoms with Crippen molar-refractivity contribution in [3.8, 4) is 0 Å². The van der Waals surface area contributed by atoms with E-state index in [1.165, 1.54) is 11.3 Å². The van der Waals surface area contributed by atoms with E-state index in [0.717, 1.165) is 0 Å². The molecule has 1 rings (SSSR count). The summed E-state index contributed by atoms with van der Waals surface area (Å²) in [5.41, 5.74) is 5.19. The molecular weight excluding hydrogens is 220 g/mol. The van der Waals surface area contributed by atoms with Gasteiger partial charge < -0.3 is 10.9 Å². The van der Waals surface area contributed by atoms with E-state index >= 15 is 0 Å². The minimum atomic E-state index is -0.0248. The summed E-state index contributed by atoms with van der Waals surface area (Å²) in [7, 11) is 0. The second kappa shape index (κ2) is 2.93. The van der Waals surface area contributed by atoms with Gasteiger partial charge in [0.25, 0.3) is 0 Å². The average Bonchev–Trinajstić information content (AvgIpc) is 2.34. The molecule has 0 aliphatic heterocycles. The van der Waals surface area contributed by atoms with Gasteiger partial charge >= 0.3 is 0 Å². The van der Waals surface area contributed by atoms with Crippen LogP contribution in [0.3, 0.4) is 0 Å². The van der Waals surface area contributed by atoms with Gasteiger partial charge in [0.2, 0.25) is 5.84 Å². The zero-order valence-corrected chi connectivity index (χ0v) is 7.05. The lowest BCUT2D eigenvalue weighted by Gasteiger charge is -1.84. The van der Waals surface area contributed by atoms with Gasteiger partial charge in [0.05, 0.1) is 0 Å². The van der Waals surface area contributed by atoms with Crippen molar-refractivity contribution in [2.24, 2.45) is 10.9 Å². The Bertz CT molecular complexity index is 259. The molecule has 1 aromatic heterocycles. The summed E-state index contributed by atoms with van der Waals surface area (Å²) in [6, 6.07) is 0. The van der Waals surface area contributed by atoms with E-state index in [9.17, 15) is 0 Å². The van der Waals surface area contributed by atoms with Gasteiger partial charge in [0, 0.05) is 0 Å². The zero-order chi connectivity index (χ0) is 7.56. The van der Waals surface area contributed by atoms with E-state index in [4.69, 9.17) is 10.9 Å². The van der Waals surface area contributed by atoms with Gasteiger partial charge in [0.1, 0.15) is 0 Å². The Morgan fingerprint density at radius 2 is 2.40 bits per heavy atom. The van der Waals surface area contributed by atoms with E-state index in [0.29, 0.717) is 8.92 Å². The first kappa shape index (κ1) is 7.42. The second-order valence-electron chi connectivity index (χ2n) is 1.35. The summed E-state index contributed by atoms with van der Waals surface area (Å²) >= 11 is 4.28. The second-order valence-corrected chi connectivity index (χ2v) is 3.60. The number of nitrogens with zero attached hydrogens (tertiary/aromatic N) is 3. The van der Waals surface area contributed by atoms with Crippen LogP contribution in [0.1, 0.15) is 5.01 Å². The highest BCUT2D eigenvalue weighted by Crippen LogP contribution is 2.14. The smallest absolute Gasteiger partial charge is 0.201 e. The molecule has 0 aliphatic rings. The molecule has 54 valence electrons. The lowest BCUT2D eigenvalue weighted by atomic mass is 10.7. The quantitative estimate of drug-likeness (QED) is 0.312. The van der Waals surface area contributed by atoms with E-state index in [2.05, 4.69) is 31.3 Å². The Kier molecular flexibility index (Phi) is 2.17. The largest absolute Gasteiger partial charge is 0.409 e. The Labute approximate surface area is 68.7 Å². The molecule has 5 nitrogen and oxygen atoms in total. The molecule has 0 saturated heterocycles. The van der Waals surface area contributed by atoms with Crippen molar-refractivity contribution < 1.29 is 5.21 Å². The van der Waals surface area contributed by atoms with Gasteiger partial charge in [-0.05, 0) is 15.9 Å². The minimum absolute atomic E-state index is 0.0248. The highest BCUT2D eigenvalue weighted by Gasteiger charge is 2.04. The van der Waals surface area contributed by atoms with Crippen LogP contribution in [0.2, 0.25) is 0 Å². The van der Waals surface area contributed by atoms with Gasteiger partial charge in [-0.15, -0.1) is 10.2 Å². The number of halogens is 1. The third kappa shape index (κ3) is 1.42. The van der Waals surface area contributed by atoms with E-state index in [1.807, 2.05) is 0 Å². The van der Waals surface area contributed by atoms with Gasteiger partial charge in [-0.1, -0.05) is 16.5 Å². The molecule has 0 spiro atoms. The monoisotopic (exact) mass is 222 g/mol.